The van der Waals surface area contributed by atoms with Crippen LogP contribution in [-0.4, -0.2) is 45.5 Å². The van der Waals surface area contributed by atoms with Crippen molar-refractivity contribution < 1.29 is 9.53 Å². The molecule has 1 N–H and O–H groups in total. The summed E-state index contributed by atoms with van der Waals surface area (Å²) < 4.78 is 5.09. The minimum Gasteiger partial charge on any atom is -0.466 e. The second-order valence-corrected chi connectivity index (χ2v) is 8.31. The number of benzene rings is 1. The van der Waals surface area contributed by atoms with Crippen molar-refractivity contribution in [3.05, 3.63) is 83.5 Å². The van der Waals surface area contributed by atoms with E-state index in [0.717, 1.165) is 41.2 Å². The smallest absolute Gasteiger partial charge is 0.335 e. The van der Waals surface area contributed by atoms with Gasteiger partial charge in [-0.05, 0) is 25.5 Å². The van der Waals surface area contributed by atoms with Crippen LogP contribution in [0.15, 0.2) is 66.6 Å². The summed E-state index contributed by atoms with van der Waals surface area (Å²) in [5, 5.41) is 3.47. The first kappa shape index (κ1) is 22.5. The lowest BCUT2D eigenvalue weighted by atomic mass is 9.99. The molecule has 0 spiro atoms. The van der Waals surface area contributed by atoms with Gasteiger partial charge in [-0.15, -0.1) is 0 Å². The molecule has 4 rings (SSSR count). The van der Waals surface area contributed by atoms with Gasteiger partial charge in [-0.2, -0.15) is 0 Å². The number of hydrogen-bond acceptors (Lipinski definition) is 7. The number of fused-ring (bicyclic) bond motifs is 1. The Bertz CT molecular complexity index is 1130. The standard InChI is InChI=1S/C26H29N5O2/c1-18(2)31-13-11-23-22(14-21(17-31)26(32)33-3)25(28-16-19-8-7-12-27-15-19)30-24(29-23)20-9-5-4-6-10-20/h4-10,12,15,17-18H,11,13-14,16H2,1-3H3,(H,28,29,30). The fourth-order valence-corrected chi connectivity index (χ4v) is 3.87. The Morgan fingerprint density at radius 1 is 1.15 bits per heavy atom. The van der Waals surface area contributed by atoms with E-state index < -0.39 is 0 Å². The Kier molecular flexibility index (Phi) is 6.98. The van der Waals surface area contributed by atoms with Crippen LogP contribution in [-0.2, 0) is 28.9 Å². The fourth-order valence-electron chi connectivity index (χ4n) is 3.87. The second kappa shape index (κ2) is 10.3. The van der Waals surface area contributed by atoms with Gasteiger partial charge in [0.05, 0.1) is 18.4 Å². The third-order valence-corrected chi connectivity index (χ3v) is 5.71. The van der Waals surface area contributed by atoms with Crippen molar-refractivity contribution in [3.8, 4) is 11.4 Å². The highest BCUT2D eigenvalue weighted by Gasteiger charge is 2.24. The molecule has 0 saturated heterocycles. The van der Waals surface area contributed by atoms with E-state index in [0.29, 0.717) is 24.4 Å². The van der Waals surface area contributed by atoms with E-state index in [1.54, 1.807) is 6.20 Å². The van der Waals surface area contributed by atoms with Crippen molar-refractivity contribution in [2.45, 2.75) is 39.3 Å². The molecular formula is C26H29N5O2. The summed E-state index contributed by atoms with van der Waals surface area (Å²) in [6.45, 7) is 5.55. The summed E-state index contributed by atoms with van der Waals surface area (Å²) in [5.41, 5.74) is 4.46. The number of methoxy groups -OCH3 is 1. The molecule has 0 bridgehead atoms. The number of carbonyl (C=O) groups excluding carboxylic acids is 1. The molecule has 0 radical (unpaired) electrons. The summed E-state index contributed by atoms with van der Waals surface area (Å²) in [5.74, 6) is 1.07. The van der Waals surface area contributed by atoms with Crippen LogP contribution in [0.3, 0.4) is 0 Å². The van der Waals surface area contributed by atoms with Crippen LogP contribution >= 0.6 is 0 Å². The SMILES string of the molecule is COC(=O)C1=CN(C(C)C)CCc2nc(-c3ccccc3)nc(NCc3cccnc3)c2C1. The molecule has 1 aliphatic heterocycles. The summed E-state index contributed by atoms with van der Waals surface area (Å²) in [4.78, 5) is 28.8. The highest BCUT2D eigenvalue weighted by molar-refractivity contribution is 5.89. The summed E-state index contributed by atoms with van der Waals surface area (Å²) in [6, 6.07) is 14.1. The largest absolute Gasteiger partial charge is 0.466 e. The lowest BCUT2D eigenvalue weighted by Gasteiger charge is -2.29. The maximum Gasteiger partial charge on any atom is 0.335 e. The number of carbonyl (C=O) groups is 1. The molecule has 3 heterocycles. The Morgan fingerprint density at radius 2 is 1.97 bits per heavy atom. The second-order valence-electron chi connectivity index (χ2n) is 8.31. The first-order valence-corrected chi connectivity index (χ1v) is 11.2. The molecule has 0 aliphatic carbocycles. The number of pyridine rings is 1. The number of aromatic nitrogens is 3. The van der Waals surface area contributed by atoms with Crippen LogP contribution in [0.4, 0.5) is 5.82 Å². The van der Waals surface area contributed by atoms with Gasteiger partial charge in [0.1, 0.15) is 5.82 Å². The van der Waals surface area contributed by atoms with E-state index in [1.165, 1.54) is 7.11 Å². The van der Waals surface area contributed by atoms with Crippen molar-refractivity contribution >= 4 is 11.8 Å². The quantitative estimate of drug-likeness (QED) is 0.577. The van der Waals surface area contributed by atoms with Gasteiger partial charge in [0.15, 0.2) is 5.82 Å². The van der Waals surface area contributed by atoms with Crippen LogP contribution in [0.2, 0.25) is 0 Å². The average Bonchev–Trinajstić information content (AvgIpc) is 2.83. The molecule has 7 heteroatoms. The van der Waals surface area contributed by atoms with Gasteiger partial charge >= 0.3 is 5.97 Å². The van der Waals surface area contributed by atoms with Crippen LogP contribution in [0.5, 0.6) is 0 Å². The van der Waals surface area contributed by atoms with Crippen LogP contribution in [0.1, 0.15) is 30.7 Å². The molecule has 33 heavy (non-hydrogen) atoms. The van der Waals surface area contributed by atoms with Gasteiger partial charge in [-0.1, -0.05) is 36.4 Å². The molecule has 1 aliphatic rings. The zero-order chi connectivity index (χ0) is 23.2. The molecular weight excluding hydrogens is 414 g/mol. The van der Waals surface area contributed by atoms with Gasteiger partial charge < -0.3 is 15.0 Å². The molecule has 0 atom stereocenters. The Hall–Kier alpha value is -3.74. The van der Waals surface area contributed by atoms with Gasteiger partial charge in [-0.25, -0.2) is 14.8 Å². The molecule has 3 aromatic rings. The van der Waals surface area contributed by atoms with Crippen LogP contribution in [0.25, 0.3) is 11.4 Å². The van der Waals surface area contributed by atoms with Crippen molar-refractivity contribution in [2.24, 2.45) is 0 Å². The molecule has 170 valence electrons. The van der Waals surface area contributed by atoms with Crippen molar-refractivity contribution in [2.75, 3.05) is 19.0 Å². The fraction of sp³-hybridized carbons (Fsp3) is 0.308. The average molecular weight is 444 g/mol. The number of esters is 1. The number of hydrogen-bond donors (Lipinski definition) is 1. The van der Waals surface area contributed by atoms with E-state index in [-0.39, 0.29) is 12.0 Å². The lowest BCUT2D eigenvalue weighted by Crippen LogP contribution is -2.31. The molecule has 0 amide bonds. The van der Waals surface area contributed by atoms with Gasteiger partial charge in [0.25, 0.3) is 0 Å². The minimum absolute atomic E-state index is 0.254. The topological polar surface area (TPSA) is 80.2 Å². The predicted molar refractivity (Wildman–Crippen MR) is 128 cm³/mol. The maximum absolute atomic E-state index is 12.6. The zero-order valence-corrected chi connectivity index (χ0v) is 19.3. The van der Waals surface area contributed by atoms with E-state index in [2.05, 4.69) is 29.0 Å². The van der Waals surface area contributed by atoms with Gasteiger partial charge in [0, 0.05) is 61.7 Å². The van der Waals surface area contributed by atoms with Crippen molar-refractivity contribution in [3.63, 3.8) is 0 Å². The van der Waals surface area contributed by atoms with E-state index in [1.807, 2.05) is 54.9 Å². The van der Waals surface area contributed by atoms with E-state index >= 15 is 0 Å². The number of anilines is 1. The molecule has 1 aromatic carbocycles. The third-order valence-electron chi connectivity index (χ3n) is 5.71. The van der Waals surface area contributed by atoms with Crippen LogP contribution in [0, 0.1) is 0 Å². The predicted octanol–water partition coefficient (Wildman–Crippen LogP) is 4.02. The summed E-state index contributed by atoms with van der Waals surface area (Å²) in [7, 11) is 1.42. The van der Waals surface area contributed by atoms with E-state index in [4.69, 9.17) is 14.7 Å². The number of nitrogens with one attached hydrogen (secondary N) is 1. The van der Waals surface area contributed by atoms with Gasteiger partial charge in [0.2, 0.25) is 0 Å². The monoisotopic (exact) mass is 443 g/mol. The molecule has 0 fully saturated rings. The summed E-state index contributed by atoms with van der Waals surface area (Å²) in [6.07, 6.45) is 6.66. The first-order chi connectivity index (χ1) is 16.0. The summed E-state index contributed by atoms with van der Waals surface area (Å²) >= 11 is 0. The molecule has 2 aromatic heterocycles. The highest BCUT2D eigenvalue weighted by Crippen LogP contribution is 2.28. The number of rotatable bonds is 6. The van der Waals surface area contributed by atoms with Crippen molar-refractivity contribution in [1.82, 2.24) is 19.9 Å². The molecule has 0 saturated carbocycles. The Labute approximate surface area is 194 Å². The normalized spacial score (nSPS) is 13.6. The molecule has 7 nitrogen and oxygen atoms in total. The first-order valence-electron chi connectivity index (χ1n) is 11.2. The lowest BCUT2D eigenvalue weighted by molar-refractivity contribution is -0.136. The number of ether oxygens (including phenoxy) is 1. The number of nitrogens with zero attached hydrogens (tertiary/aromatic N) is 4. The van der Waals surface area contributed by atoms with Crippen LogP contribution < -0.4 is 5.32 Å². The Morgan fingerprint density at radius 3 is 2.67 bits per heavy atom. The highest BCUT2D eigenvalue weighted by atomic mass is 16.5. The van der Waals surface area contributed by atoms with E-state index in [9.17, 15) is 4.79 Å². The maximum atomic E-state index is 12.6. The zero-order valence-electron chi connectivity index (χ0n) is 19.3. The van der Waals surface area contributed by atoms with Gasteiger partial charge in [-0.3, -0.25) is 4.98 Å². The minimum atomic E-state index is -0.334. The Balaban J connectivity index is 1.78. The van der Waals surface area contributed by atoms with Crippen molar-refractivity contribution in [1.29, 1.82) is 0 Å². The molecule has 0 unspecified atom stereocenters. The third kappa shape index (κ3) is 5.37.